The van der Waals surface area contributed by atoms with E-state index in [1.807, 2.05) is 13.8 Å². The topological polar surface area (TPSA) is 61.4 Å². The maximum atomic E-state index is 11.9. The number of hydrogen-bond donors (Lipinski definition) is 2. The molecule has 0 saturated carbocycles. The number of hydrogen-bond acceptors (Lipinski definition) is 3. The smallest absolute Gasteiger partial charge is 0.324 e. The Bertz CT molecular complexity index is 348. The summed E-state index contributed by atoms with van der Waals surface area (Å²) in [4.78, 5) is 24.7. The fourth-order valence-electron chi connectivity index (χ4n) is 1.59. The summed E-state index contributed by atoms with van der Waals surface area (Å²) < 4.78 is 0. The van der Waals surface area contributed by atoms with Gasteiger partial charge in [0.15, 0.2) is 0 Å². The molecule has 1 heterocycles. The van der Waals surface area contributed by atoms with Crippen LogP contribution >= 0.6 is 0 Å². The molecular weight excluding hydrogens is 218 g/mol. The standard InChI is InChI=1S/C12H21N3O2/c1-8(2)13-6-9(3)7-15-10(16)12(4,5)14-11(15)17/h8,13H,3,6-7H2,1-2,4-5H3,(H,14,17). The van der Waals surface area contributed by atoms with Crippen molar-refractivity contribution in [1.82, 2.24) is 15.5 Å². The lowest BCUT2D eigenvalue weighted by molar-refractivity contribution is -0.129. The Kier molecular flexibility index (Phi) is 3.93. The second-order valence-corrected chi connectivity index (χ2v) is 5.23. The molecular formula is C12H21N3O2. The molecule has 96 valence electrons. The molecule has 0 spiro atoms. The number of carbonyl (C=O) groups is 2. The molecule has 5 nitrogen and oxygen atoms in total. The predicted molar refractivity (Wildman–Crippen MR) is 66.6 cm³/mol. The molecule has 17 heavy (non-hydrogen) atoms. The number of carbonyl (C=O) groups excluding carboxylic acids is 2. The fraction of sp³-hybridized carbons (Fsp3) is 0.667. The molecule has 2 N–H and O–H groups in total. The Morgan fingerprint density at radius 3 is 2.47 bits per heavy atom. The van der Waals surface area contributed by atoms with Gasteiger partial charge in [-0.25, -0.2) is 4.79 Å². The molecule has 0 unspecified atom stereocenters. The zero-order valence-electron chi connectivity index (χ0n) is 11.0. The van der Waals surface area contributed by atoms with Gasteiger partial charge >= 0.3 is 6.03 Å². The maximum Gasteiger partial charge on any atom is 0.325 e. The second-order valence-electron chi connectivity index (χ2n) is 5.23. The summed E-state index contributed by atoms with van der Waals surface area (Å²) in [6.07, 6.45) is 0. The molecule has 0 aromatic heterocycles. The first kappa shape index (κ1) is 13.7. The zero-order valence-corrected chi connectivity index (χ0v) is 11.0. The third-order valence-corrected chi connectivity index (χ3v) is 2.59. The molecule has 1 aliphatic heterocycles. The van der Waals surface area contributed by atoms with E-state index in [0.29, 0.717) is 12.6 Å². The van der Waals surface area contributed by atoms with Crippen molar-refractivity contribution in [2.75, 3.05) is 13.1 Å². The van der Waals surface area contributed by atoms with Crippen LogP contribution in [0.3, 0.4) is 0 Å². The van der Waals surface area contributed by atoms with E-state index >= 15 is 0 Å². The Balaban J connectivity index is 2.55. The molecule has 5 heteroatoms. The Morgan fingerprint density at radius 1 is 1.47 bits per heavy atom. The van der Waals surface area contributed by atoms with E-state index in [9.17, 15) is 9.59 Å². The molecule has 1 fully saturated rings. The lowest BCUT2D eigenvalue weighted by Gasteiger charge is -2.18. The largest absolute Gasteiger partial charge is 0.325 e. The van der Waals surface area contributed by atoms with E-state index in [4.69, 9.17) is 0 Å². The van der Waals surface area contributed by atoms with Crippen molar-refractivity contribution in [3.8, 4) is 0 Å². The van der Waals surface area contributed by atoms with Crippen molar-refractivity contribution in [2.45, 2.75) is 39.3 Å². The van der Waals surface area contributed by atoms with Gasteiger partial charge in [-0.3, -0.25) is 9.69 Å². The second kappa shape index (κ2) is 4.87. The average molecular weight is 239 g/mol. The first-order valence-corrected chi connectivity index (χ1v) is 5.78. The quantitative estimate of drug-likeness (QED) is 0.553. The summed E-state index contributed by atoms with van der Waals surface area (Å²) in [6.45, 7) is 12.2. The van der Waals surface area contributed by atoms with Gasteiger partial charge in [0.1, 0.15) is 5.54 Å². The lowest BCUT2D eigenvalue weighted by Crippen LogP contribution is -2.40. The number of amides is 3. The Hall–Kier alpha value is -1.36. The Morgan fingerprint density at radius 2 is 2.06 bits per heavy atom. The highest BCUT2D eigenvalue weighted by molar-refractivity contribution is 6.06. The highest BCUT2D eigenvalue weighted by atomic mass is 16.2. The summed E-state index contributed by atoms with van der Waals surface area (Å²) in [7, 11) is 0. The minimum atomic E-state index is -0.803. The highest BCUT2D eigenvalue weighted by Gasteiger charge is 2.44. The first-order chi connectivity index (χ1) is 7.74. The maximum absolute atomic E-state index is 11.9. The number of nitrogens with zero attached hydrogens (tertiary/aromatic N) is 1. The summed E-state index contributed by atoms with van der Waals surface area (Å²) in [5.74, 6) is -0.201. The van der Waals surface area contributed by atoms with Crippen LogP contribution in [0.25, 0.3) is 0 Å². The van der Waals surface area contributed by atoms with Crippen molar-refractivity contribution in [2.24, 2.45) is 0 Å². The van der Waals surface area contributed by atoms with E-state index < -0.39 is 5.54 Å². The number of nitrogens with one attached hydrogen (secondary N) is 2. The summed E-state index contributed by atoms with van der Waals surface area (Å²) >= 11 is 0. The van der Waals surface area contributed by atoms with Crippen LogP contribution in [0.1, 0.15) is 27.7 Å². The molecule has 0 aliphatic carbocycles. The molecule has 0 aromatic rings. The minimum absolute atomic E-state index is 0.201. The molecule has 1 rings (SSSR count). The molecule has 1 aliphatic rings. The van der Waals surface area contributed by atoms with Crippen molar-refractivity contribution in [3.63, 3.8) is 0 Å². The summed E-state index contributed by atoms with van der Waals surface area (Å²) in [6, 6.07) is 0.0111. The lowest BCUT2D eigenvalue weighted by atomic mass is 10.1. The molecule has 0 atom stereocenters. The highest BCUT2D eigenvalue weighted by Crippen LogP contribution is 2.17. The Labute approximate surface area is 102 Å². The van der Waals surface area contributed by atoms with E-state index in [2.05, 4.69) is 17.2 Å². The van der Waals surface area contributed by atoms with Gasteiger partial charge in [-0.2, -0.15) is 0 Å². The van der Waals surface area contributed by atoms with Gasteiger partial charge < -0.3 is 10.6 Å². The number of urea groups is 1. The molecule has 0 radical (unpaired) electrons. The van der Waals surface area contributed by atoms with Crippen LogP contribution in [-0.2, 0) is 4.79 Å². The first-order valence-electron chi connectivity index (χ1n) is 5.78. The van der Waals surface area contributed by atoms with E-state index in [1.54, 1.807) is 13.8 Å². The van der Waals surface area contributed by atoms with Gasteiger partial charge in [0.2, 0.25) is 0 Å². The molecule has 0 bridgehead atoms. The summed E-state index contributed by atoms with van der Waals surface area (Å²) in [5.41, 5.74) is 0.0166. The van der Waals surface area contributed by atoms with Gasteiger partial charge in [0, 0.05) is 12.6 Å². The van der Waals surface area contributed by atoms with Crippen molar-refractivity contribution in [3.05, 3.63) is 12.2 Å². The third-order valence-electron chi connectivity index (χ3n) is 2.59. The average Bonchev–Trinajstić information content (AvgIpc) is 2.38. The number of rotatable bonds is 5. The van der Waals surface area contributed by atoms with Gasteiger partial charge in [-0.05, 0) is 19.4 Å². The van der Waals surface area contributed by atoms with Crippen LogP contribution in [0.5, 0.6) is 0 Å². The van der Waals surface area contributed by atoms with E-state index in [-0.39, 0.29) is 18.5 Å². The van der Waals surface area contributed by atoms with Crippen LogP contribution in [0.15, 0.2) is 12.2 Å². The zero-order chi connectivity index (χ0) is 13.2. The molecule has 3 amide bonds. The van der Waals surface area contributed by atoms with Gasteiger partial charge in [-0.1, -0.05) is 20.4 Å². The van der Waals surface area contributed by atoms with Gasteiger partial charge in [0.25, 0.3) is 5.91 Å². The predicted octanol–water partition coefficient (Wildman–Crippen LogP) is 0.871. The van der Waals surface area contributed by atoms with Gasteiger partial charge in [-0.15, -0.1) is 0 Å². The minimum Gasteiger partial charge on any atom is -0.324 e. The van der Waals surface area contributed by atoms with Crippen molar-refractivity contribution in [1.29, 1.82) is 0 Å². The third kappa shape index (κ3) is 3.30. The number of imide groups is 1. The fourth-order valence-corrected chi connectivity index (χ4v) is 1.59. The molecule has 0 aromatic carbocycles. The van der Waals surface area contributed by atoms with Crippen molar-refractivity contribution < 1.29 is 9.59 Å². The van der Waals surface area contributed by atoms with E-state index in [1.165, 1.54) is 4.90 Å². The van der Waals surface area contributed by atoms with Crippen LogP contribution < -0.4 is 10.6 Å². The normalized spacial score (nSPS) is 18.8. The van der Waals surface area contributed by atoms with Crippen LogP contribution in [-0.4, -0.2) is 41.5 Å². The van der Waals surface area contributed by atoms with Crippen LogP contribution in [0.2, 0.25) is 0 Å². The monoisotopic (exact) mass is 239 g/mol. The molecule has 1 saturated heterocycles. The summed E-state index contributed by atoms with van der Waals surface area (Å²) in [5, 5.41) is 5.84. The van der Waals surface area contributed by atoms with E-state index in [0.717, 1.165) is 5.57 Å². The SMILES string of the molecule is C=C(CNC(C)C)CN1C(=O)NC(C)(C)C1=O. The van der Waals surface area contributed by atoms with Crippen LogP contribution in [0.4, 0.5) is 4.79 Å². The van der Waals surface area contributed by atoms with Crippen LogP contribution in [0, 0.1) is 0 Å². The van der Waals surface area contributed by atoms with Crippen molar-refractivity contribution >= 4 is 11.9 Å². The van der Waals surface area contributed by atoms with Gasteiger partial charge in [0.05, 0.1) is 6.54 Å².